The number of rotatable bonds is 2. The van der Waals surface area contributed by atoms with Crippen molar-refractivity contribution in [1.82, 2.24) is 4.90 Å². The molecule has 1 heterocycles. The molecule has 4 heteroatoms. The minimum atomic E-state index is -0.165. The maximum Gasteiger partial charge on any atom is 0.233 e. The van der Waals surface area contributed by atoms with Crippen LogP contribution in [0.4, 0.5) is 0 Å². The summed E-state index contributed by atoms with van der Waals surface area (Å²) in [4.78, 5) is 25.9. The van der Waals surface area contributed by atoms with E-state index in [1.807, 2.05) is 24.3 Å². The van der Waals surface area contributed by atoms with E-state index in [1.54, 1.807) is 0 Å². The third-order valence-corrected chi connectivity index (χ3v) is 4.29. The predicted octanol–water partition coefficient (Wildman–Crippen LogP) is 1.32. The second kappa shape index (κ2) is 5.71. The van der Waals surface area contributed by atoms with Gasteiger partial charge in [0.1, 0.15) is 6.61 Å². The normalized spacial score (nSPS) is 24.0. The van der Waals surface area contributed by atoms with Crippen LogP contribution in [0.5, 0.6) is 0 Å². The first-order chi connectivity index (χ1) is 10.2. The summed E-state index contributed by atoms with van der Waals surface area (Å²) in [5, 5.41) is 8.65. The Hall–Kier alpha value is -2.12. The Morgan fingerprint density at radius 1 is 1.10 bits per heavy atom. The Balaban J connectivity index is 1.72. The minimum Gasteiger partial charge on any atom is -0.384 e. The fourth-order valence-electron chi connectivity index (χ4n) is 3.23. The molecule has 2 unspecified atom stereocenters. The van der Waals surface area contributed by atoms with Gasteiger partial charge in [0, 0.05) is 5.56 Å². The Kier molecular flexibility index (Phi) is 3.76. The lowest BCUT2D eigenvalue weighted by Gasteiger charge is -2.15. The maximum atomic E-state index is 12.3. The minimum absolute atomic E-state index is 0.00773. The lowest BCUT2D eigenvalue weighted by molar-refractivity contribution is -0.141. The standard InChI is InChI=1S/C17H17NO3/c19-10-2-3-12-6-8-13(9-7-12)11-18-16(20)14-4-1-5-15(14)17(18)21/h6-9,14-15,19H,1,4-5,10-11H2. The van der Waals surface area contributed by atoms with Crippen LogP contribution in [0, 0.1) is 23.7 Å². The van der Waals surface area contributed by atoms with Gasteiger partial charge in [0.15, 0.2) is 0 Å². The zero-order valence-corrected chi connectivity index (χ0v) is 11.7. The van der Waals surface area contributed by atoms with Crippen molar-refractivity contribution in [3.8, 4) is 11.8 Å². The van der Waals surface area contributed by atoms with Crippen molar-refractivity contribution < 1.29 is 14.7 Å². The summed E-state index contributed by atoms with van der Waals surface area (Å²) in [6.45, 7) is 0.180. The summed E-state index contributed by atoms with van der Waals surface area (Å²) in [6, 6.07) is 7.42. The Morgan fingerprint density at radius 3 is 2.29 bits per heavy atom. The van der Waals surface area contributed by atoms with Crippen molar-refractivity contribution >= 4 is 11.8 Å². The molecule has 2 atom stereocenters. The highest BCUT2D eigenvalue weighted by Gasteiger charge is 2.49. The molecule has 1 saturated carbocycles. The zero-order chi connectivity index (χ0) is 14.8. The first kappa shape index (κ1) is 13.8. The molecule has 1 saturated heterocycles. The molecule has 0 radical (unpaired) electrons. The van der Waals surface area contributed by atoms with E-state index in [-0.39, 0.29) is 30.3 Å². The van der Waals surface area contributed by atoms with Gasteiger partial charge in [-0.05, 0) is 30.5 Å². The summed E-state index contributed by atoms with van der Waals surface area (Å²) < 4.78 is 0. The number of aliphatic hydroxyl groups excluding tert-OH is 1. The number of hydrogen-bond acceptors (Lipinski definition) is 3. The van der Waals surface area contributed by atoms with Gasteiger partial charge >= 0.3 is 0 Å². The highest BCUT2D eigenvalue weighted by molar-refractivity contribution is 6.05. The molecule has 0 bridgehead atoms. The smallest absolute Gasteiger partial charge is 0.233 e. The highest BCUT2D eigenvalue weighted by atomic mass is 16.2. The van der Waals surface area contributed by atoms with E-state index >= 15 is 0 Å². The van der Waals surface area contributed by atoms with Gasteiger partial charge in [0.2, 0.25) is 11.8 Å². The van der Waals surface area contributed by atoms with E-state index in [0.717, 1.165) is 30.4 Å². The number of imide groups is 1. The molecule has 21 heavy (non-hydrogen) atoms. The van der Waals surface area contributed by atoms with Crippen LogP contribution < -0.4 is 0 Å². The van der Waals surface area contributed by atoms with Crippen molar-refractivity contribution in [2.45, 2.75) is 25.8 Å². The quantitative estimate of drug-likeness (QED) is 0.658. The summed E-state index contributed by atoms with van der Waals surface area (Å²) in [5.74, 6) is 5.23. The van der Waals surface area contributed by atoms with Gasteiger partial charge in [-0.3, -0.25) is 14.5 Å². The van der Waals surface area contributed by atoms with Crippen LogP contribution in [-0.2, 0) is 16.1 Å². The summed E-state index contributed by atoms with van der Waals surface area (Å²) in [6.07, 6.45) is 2.68. The molecule has 4 nitrogen and oxygen atoms in total. The average Bonchev–Trinajstić information content (AvgIpc) is 3.06. The van der Waals surface area contributed by atoms with Crippen LogP contribution in [0.15, 0.2) is 24.3 Å². The highest BCUT2D eigenvalue weighted by Crippen LogP contribution is 2.40. The van der Waals surface area contributed by atoms with E-state index in [4.69, 9.17) is 5.11 Å². The fraction of sp³-hybridized carbons (Fsp3) is 0.412. The monoisotopic (exact) mass is 283 g/mol. The van der Waals surface area contributed by atoms with Crippen molar-refractivity contribution in [3.63, 3.8) is 0 Å². The molecule has 0 aromatic heterocycles. The predicted molar refractivity (Wildman–Crippen MR) is 76.8 cm³/mol. The van der Waals surface area contributed by atoms with Gasteiger partial charge in [-0.25, -0.2) is 0 Å². The fourth-order valence-corrected chi connectivity index (χ4v) is 3.23. The second-order valence-electron chi connectivity index (χ2n) is 5.56. The third kappa shape index (κ3) is 2.57. The summed E-state index contributed by atoms with van der Waals surface area (Å²) in [5.41, 5.74) is 1.73. The van der Waals surface area contributed by atoms with Gasteiger partial charge in [-0.1, -0.05) is 30.4 Å². The first-order valence-electron chi connectivity index (χ1n) is 7.24. The maximum absolute atomic E-state index is 12.3. The number of carbonyl (C=O) groups is 2. The number of fused-ring (bicyclic) bond motifs is 1. The first-order valence-corrected chi connectivity index (χ1v) is 7.24. The van der Waals surface area contributed by atoms with Crippen molar-refractivity contribution in [1.29, 1.82) is 0 Å². The van der Waals surface area contributed by atoms with Crippen molar-refractivity contribution in [2.24, 2.45) is 11.8 Å². The molecule has 108 valence electrons. The number of likely N-dealkylation sites (tertiary alicyclic amines) is 1. The van der Waals surface area contributed by atoms with E-state index < -0.39 is 0 Å². The van der Waals surface area contributed by atoms with E-state index in [0.29, 0.717) is 6.54 Å². The number of aliphatic hydroxyl groups is 1. The number of amides is 2. The number of carbonyl (C=O) groups excluding carboxylic acids is 2. The van der Waals surface area contributed by atoms with Crippen LogP contribution >= 0.6 is 0 Å². The third-order valence-electron chi connectivity index (χ3n) is 4.29. The van der Waals surface area contributed by atoms with Crippen LogP contribution in [0.3, 0.4) is 0 Å². The molecule has 1 aliphatic heterocycles. The van der Waals surface area contributed by atoms with Crippen LogP contribution in [0.25, 0.3) is 0 Å². The Bertz CT molecular complexity index is 602. The largest absolute Gasteiger partial charge is 0.384 e. The molecule has 1 N–H and O–H groups in total. The molecule has 1 aromatic rings. The van der Waals surface area contributed by atoms with Gasteiger partial charge in [-0.15, -0.1) is 0 Å². The van der Waals surface area contributed by atoms with Gasteiger partial charge in [0.05, 0.1) is 18.4 Å². The SMILES string of the molecule is O=C1C2CCCC2C(=O)N1Cc1ccc(C#CCO)cc1. The summed E-state index contributed by atoms with van der Waals surface area (Å²) >= 11 is 0. The van der Waals surface area contributed by atoms with Gasteiger partial charge < -0.3 is 5.11 Å². The molecule has 2 fully saturated rings. The molecular formula is C17H17NO3. The number of hydrogen-bond donors (Lipinski definition) is 1. The van der Waals surface area contributed by atoms with E-state index in [1.165, 1.54) is 4.90 Å². The molecule has 1 aliphatic carbocycles. The second-order valence-corrected chi connectivity index (χ2v) is 5.56. The molecule has 1 aromatic carbocycles. The van der Waals surface area contributed by atoms with E-state index in [2.05, 4.69) is 11.8 Å². The van der Waals surface area contributed by atoms with Crippen LogP contribution in [-0.4, -0.2) is 28.4 Å². The average molecular weight is 283 g/mol. The molecule has 0 spiro atoms. The van der Waals surface area contributed by atoms with Crippen LogP contribution in [0.2, 0.25) is 0 Å². The molecule has 2 amide bonds. The number of nitrogens with zero attached hydrogens (tertiary/aromatic N) is 1. The topological polar surface area (TPSA) is 57.6 Å². The van der Waals surface area contributed by atoms with Crippen molar-refractivity contribution in [3.05, 3.63) is 35.4 Å². The van der Waals surface area contributed by atoms with Gasteiger partial charge in [-0.2, -0.15) is 0 Å². The zero-order valence-electron chi connectivity index (χ0n) is 11.7. The van der Waals surface area contributed by atoms with Crippen LogP contribution in [0.1, 0.15) is 30.4 Å². The molecule has 3 rings (SSSR count). The molecular weight excluding hydrogens is 266 g/mol. The lowest BCUT2D eigenvalue weighted by atomic mass is 10.00. The van der Waals surface area contributed by atoms with E-state index in [9.17, 15) is 9.59 Å². The Morgan fingerprint density at radius 2 is 1.71 bits per heavy atom. The van der Waals surface area contributed by atoms with Crippen molar-refractivity contribution in [2.75, 3.05) is 6.61 Å². The summed E-state index contributed by atoms with van der Waals surface area (Å²) in [7, 11) is 0. The van der Waals surface area contributed by atoms with Gasteiger partial charge in [0.25, 0.3) is 0 Å². The number of benzene rings is 1. The lowest BCUT2D eigenvalue weighted by Crippen LogP contribution is -2.31. The Labute approximate surface area is 123 Å². The molecule has 2 aliphatic rings.